The van der Waals surface area contributed by atoms with Crippen molar-refractivity contribution in [3.63, 3.8) is 0 Å². The Balaban J connectivity index is 1.73. The topological polar surface area (TPSA) is 45.7 Å². The molecule has 25 heavy (non-hydrogen) atoms. The Morgan fingerprint density at radius 1 is 1.04 bits per heavy atom. The Hall–Kier alpha value is -2.63. The lowest BCUT2D eigenvalue weighted by atomic mass is 10.1. The highest BCUT2D eigenvalue weighted by Crippen LogP contribution is 2.15. The number of ether oxygens (including phenoxy) is 1. The number of halogens is 2. The fraction of sp³-hybridized carbons (Fsp3) is 0.316. The third-order valence-electron chi connectivity index (χ3n) is 3.58. The van der Waals surface area contributed by atoms with Gasteiger partial charge in [0.2, 0.25) is 0 Å². The van der Waals surface area contributed by atoms with Crippen LogP contribution in [0.25, 0.3) is 0 Å². The van der Waals surface area contributed by atoms with Gasteiger partial charge in [-0.05, 0) is 36.1 Å². The molecule has 0 fully saturated rings. The van der Waals surface area contributed by atoms with Crippen LogP contribution in [0.15, 0.2) is 59.6 Å². The molecule has 0 saturated heterocycles. The Morgan fingerprint density at radius 3 is 2.52 bits per heavy atom. The van der Waals surface area contributed by atoms with Crippen molar-refractivity contribution in [3.8, 4) is 5.75 Å². The second-order valence-corrected chi connectivity index (χ2v) is 5.47. The zero-order chi connectivity index (χ0) is 17.9. The Morgan fingerprint density at radius 2 is 1.80 bits per heavy atom. The van der Waals surface area contributed by atoms with Crippen molar-refractivity contribution >= 4 is 5.96 Å². The van der Waals surface area contributed by atoms with Crippen molar-refractivity contribution in [3.05, 3.63) is 65.7 Å². The predicted octanol–water partition coefficient (Wildman–Crippen LogP) is 3.59. The zero-order valence-corrected chi connectivity index (χ0v) is 14.2. The van der Waals surface area contributed by atoms with E-state index in [0.717, 1.165) is 24.9 Å². The van der Waals surface area contributed by atoms with Gasteiger partial charge < -0.3 is 15.4 Å². The summed E-state index contributed by atoms with van der Waals surface area (Å²) in [7, 11) is 1.70. The van der Waals surface area contributed by atoms with Crippen molar-refractivity contribution in [2.75, 3.05) is 13.6 Å². The Bertz CT molecular complexity index is 663. The summed E-state index contributed by atoms with van der Waals surface area (Å²) in [6.45, 7) is -1.55. The molecule has 0 saturated carbocycles. The van der Waals surface area contributed by atoms with Crippen LogP contribution in [0.3, 0.4) is 0 Å². The number of hydrogen-bond donors (Lipinski definition) is 2. The molecule has 0 unspecified atom stereocenters. The van der Waals surface area contributed by atoms with Crippen molar-refractivity contribution in [2.24, 2.45) is 4.99 Å². The van der Waals surface area contributed by atoms with Gasteiger partial charge in [-0.3, -0.25) is 4.99 Å². The molecule has 0 aliphatic carbocycles. The van der Waals surface area contributed by atoms with Gasteiger partial charge in [0.1, 0.15) is 5.75 Å². The number of aliphatic imine (C=N–C) groups is 1. The van der Waals surface area contributed by atoms with Gasteiger partial charge in [0.25, 0.3) is 0 Å². The number of aryl methyl sites for hydroxylation is 1. The molecule has 2 rings (SSSR count). The number of guanidine groups is 1. The largest absolute Gasteiger partial charge is 0.435 e. The third-order valence-corrected chi connectivity index (χ3v) is 3.58. The summed E-state index contributed by atoms with van der Waals surface area (Å²) in [5.41, 5.74) is 2.15. The normalized spacial score (nSPS) is 11.4. The van der Waals surface area contributed by atoms with Gasteiger partial charge in [0.15, 0.2) is 5.96 Å². The van der Waals surface area contributed by atoms with Crippen LogP contribution in [-0.4, -0.2) is 26.2 Å². The zero-order valence-electron chi connectivity index (χ0n) is 14.2. The molecule has 2 aromatic carbocycles. The van der Waals surface area contributed by atoms with Crippen molar-refractivity contribution in [2.45, 2.75) is 26.0 Å². The van der Waals surface area contributed by atoms with E-state index in [2.05, 4.69) is 32.5 Å². The first kappa shape index (κ1) is 18.7. The number of benzene rings is 2. The minimum Gasteiger partial charge on any atom is -0.435 e. The van der Waals surface area contributed by atoms with Gasteiger partial charge in [-0.2, -0.15) is 8.78 Å². The number of hydrogen-bond acceptors (Lipinski definition) is 2. The quantitative estimate of drug-likeness (QED) is 0.436. The average Bonchev–Trinajstić information content (AvgIpc) is 2.62. The standard InChI is InChI=1S/C19H23F2N3O/c1-22-19(23-12-6-10-15-7-3-2-4-8-15)24-14-16-9-5-11-17(13-16)25-18(20)21/h2-5,7-9,11,13,18H,6,10,12,14H2,1H3,(H2,22,23,24). The fourth-order valence-corrected chi connectivity index (χ4v) is 2.38. The van der Waals surface area contributed by atoms with Gasteiger partial charge in [-0.15, -0.1) is 0 Å². The summed E-state index contributed by atoms with van der Waals surface area (Å²) in [4.78, 5) is 4.16. The van der Waals surface area contributed by atoms with E-state index >= 15 is 0 Å². The van der Waals surface area contributed by atoms with Gasteiger partial charge in [0, 0.05) is 20.1 Å². The minimum absolute atomic E-state index is 0.153. The first-order chi connectivity index (χ1) is 12.2. The Labute approximate surface area is 146 Å². The van der Waals surface area contributed by atoms with Gasteiger partial charge >= 0.3 is 6.61 Å². The van der Waals surface area contributed by atoms with E-state index in [0.29, 0.717) is 12.5 Å². The lowest BCUT2D eigenvalue weighted by Crippen LogP contribution is -2.37. The molecule has 0 bridgehead atoms. The highest BCUT2D eigenvalue weighted by Gasteiger charge is 2.05. The monoisotopic (exact) mass is 347 g/mol. The maximum absolute atomic E-state index is 12.2. The van der Waals surface area contributed by atoms with Crippen molar-refractivity contribution in [1.29, 1.82) is 0 Å². The molecule has 0 radical (unpaired) electrons. The van der Waals surface area contributed by atoms with Crippen LogP contribution < -0.4 is 15.4 Å². The number of rotatable bonds is 8. The summed E-state index contributed by atoms with van der Waals surface area (Å²) in [5, 5.41) is 6.41. The van der Waals surface area contributed by atoms with Crippen LogP contribution in [0.5, 0.6) is 5.75 Å². The number of alkyl halides is 2. The summed E-state index contributed by atoms with van der Waals surface area (Å²) in [6.07, 6.45) is 1.99. The van der Waals surface area contributed by atoms with Crippen LogP contribution in [0.2, 0.25) is 0 Å². The number of nitrogens with zero attached hydrogens (tertiary/aromatic N) is 1. The van der Waals surface area contributed by atoms with Gasteiger partial charge in [-0.1, -0.05) is 42.5 Å². The predicted molar refractivity (Wildman–Crippen MR) is 96.0 cm³/mol. The van der Waals surface area contributed by atoms with E-state index in [1.54, 1.807) is 19.2 Å². The summed E-state index contributed by atoms with van der Waals surface area (Å²) < 4.78 is 28.9. The van der Waals surface area contributed by atoms with E-state index in [9.17, 15) is 8.78 Å². The maximum atomic E-state index is 12.2. The molecular weight excluding hydrogens is 324 g/mol. The number of nitrogens with one attached hydrogen (secondary N) is 2. The molecule has 134 valence electrons. The molecule has 0 amide bonds. The van der Waals surface area contributed by atoms with E-state index in [4.69, 9.17) is 0 Å². The molecular formula is C19H23F2N3O. The van der Waals surface area contributed by atoms with Crippen LogP contribution in [-0.2, 0) is 13.0 Å². The lowest BCUT2D eigenvalue weighted by Gasteiger charge is -2.12. The maximum Gasteiger partial charge on any atom is 0.387 e. The fourth-order valence-electron chi connectivity index (χ4n) is 2.38. The van der Waals surface area contributed by atoms with Crippen LogP contribution in [0, 0.1) is 0 Å². The second-order valence-electron chi connectivity index (χ2n) is 5.47. The van der Waals surface area contributed by atoms with E-state index in [1.807, 2.05) is 24.3 Å². The molecule has 2 aromatic rings. The first-order valence-electron chi connectivity index (χ1n) is 8.19. The van der Waals surface area contributed by atoms with Crippen LogP contribution >= 0.6 is 0 Å². The molecule has 0 aliphatic rings. The molecule has 0 aromatic heterocycles. The summed E-state index contributed by atoms with van der Waals surface area (Å²) >= 11 is 0. The summed E-state index contributed by atoms with van der Waals surface area (Å²) in [6, 6.07) is 16.9. The highest BCUT2D eigenvalue weighted by molar-refractivity contribution is 5.79. The van der Waals surface area contributed by atoms with E-state index in [1.165, 1.54) is 11.6 Å². The van der Waals surface area contributed by atoms with Gasteiger partial charge in [0.05, 0.1) is 0 Å². The second kappa shape index (κ2) is 10.3. The van der Waals surface area contributed by atoms with Crippen molar-refractivity contribution in [1.82, 2.24) is 10.6 Å². The summed E-state index contributed by atoms with van der Waals surface area (Å²) in [5.74, 6) is 0.827. The lowest BCUT2D eigenvalue weighted by molar-refractivity contribution is -0.0498. The average molecular weight is 347 g/mol. The molecule has 4 nitrogen and oxygen atoms in total. The molecule has 0 spiro atoms. The van der Waals surface area contributed by atoms with E-state index in [-0.39, 0.29) is 5.75 Å². The Kier molecular flexibility index (Phi) is 7.69. The van der Waals surface area contributed by atoms with Crippen LogP contribution in [0.4, 0.5) is 8.78 Å². The van der Waals surface area contributed by atoms with E-state index < -0.39 is 6.61 Å². The first-order valence-corrected chi connectivity index (χ1v) is 8.19. The highest BCUT2D eigenvalue weighted by atomic mass is 19.3. The van der Waals surface area contributed by atoms with Crippen LogP contribution in [0.1, 0.15) is 17.5 Å². The molecule has 0 atom stereocenters. The third kappa shape index (κ3) is 7.20. The minimum atomic E-state index is -2.82. The molecule has 0 heterocycles. The molecule has 6 heteroatoms. The molecule has 0 aliphatic heterocycles. The van der Waals surface area contributed by atoms with Crippen molar-refractivity contribution < 1.29 is 13.5 Å². The molecule has 2 N–H and O–H groups in total. The van der Waals surface area contributed by atoms with Gasteiger partial charge in [-0.25, -0.2) is 0 Å². The smallest absolute Gasteiger partial charge is 0.387 e. The SMILES string of the molecule is CN=C(NCCCc1ccccc1)NCc1cccc(OC(F)F)c1.